The predicted molar refractivity (Wildman–Crippen MR) is 148 cm³/mol. The van der Waals surface area contributed by atoms with E-state index in [9.17, 15) is 4.79 Å². The van der Waals surface area contributed by atoms with Gasteiger partial charge in [0.05, 0.1) is 12.1 Å². The fourth-order valence-electron chi connectivity index (χ4n) is 5.82. The Morgan fingerprint density at radius 2 is 1.86 bits per heavy atom. The molecule has 0 saturated heterocycles. The summed E-state index contributed by atoms with van der Waals surface area (Å²) in [4.78, 5) is 18.7. The molecule has 2 heterocycles. The van der Waals surface area contributed by atoms with Crippen molar-refractivity contribution in [2.45, 2.75) is 84.3 Å². The summed E-state index contributed by atoms with van der Waals surface area (Å²) in [5.74, 6) is 0.923. The molecule has 2 aromatic heterocycles. The van der Waals surface area contributed by atoms with Gasteiger partial charge in [-0.3, -0.25) is 9.69 Å². The second-order valence-electron chi connectivity index (χ2n) is 10.6. The van der Waals surface area contributed by atoms with Gasteiger partial charge >= 0.3 is 0 Å². The van der Waals surface area contributed by atoms with E-state index in [1.807, 2.05) is 12.1 Å². The summed E-state index contributed by atoms with van der Waals surface area (Å²) in [6.45, 7) is 7.79. The maximum atomic E-state index is 13.2. The van der Waals surface area contributed by atoms with Gasteiger partial charge in [-0.15, -0.1) is 5.10 Å². The molecule has 194 valence electrons. The number of pyridine rings is 1. The molecule has 0 spiro atoms. The molecule has 1 unspecified atom stereocenters. The molecular formula is C30H38N6O. The summed E-state index contributed by atoms with van der Waals surface area (Å²) >= 11 is 0. The van der Waals surface area contributed by atoms with Gasteiger partial charge in [0.25, 0.3) is 5.56 Å². The van der Waals surface area contributed by atoms with Crippen LogP contribution >= 0.6 is 0 Å². The van der Waals surface area contributed by atoms with Gasteiger partial charge in [-0.25, -0.2) is 4.68 Å². The number of fused-ring (bicyclic) bond motifs is 1. The van der Waals surface area contributed by atoms with Crippen LogP contribution in [0.2, 0.25) is 0 Å². The summed E-state index contributed by atoms with van der Waals surface area (Å²) in [6.07, 6.45) is 7.76. The number of hydrogen-bond acceptors (Lipinski definition) is 5. The number of nitrogens with one attached hydrogen (secondary N) is 1. The number of benzene rings is 2. The van der Waals surface area contributed by atoms with Crippen LogP contribution in [-0.2, 0) is 13.0 Å². The molecule has 1 aliphatic carbocycles. The second kappa shape index (κ2) is 11.4. The molecule has 5 rings (SSSR count). The number of rotatable bonds is 9. The lowest BCUT2D eigenvalue weighted by atomic mass is 9.95. The van der Waals surface area contributed by atoms with Gasteiger partial charge < -0.3 is 4.98 Å². The largest absolute Gasteiger partial charge is 0.322 e. The molecule has 37 heavy (non-hydrogen) atoms. The first-order valence-corrected chi connectivity index (χ1v) is 13.7. The third-order valence-corrected chi connectivity index (χ3v) is 7.94. The first kappa shape index (κ1) is 25.3. The fourth-order valence-corrected chi connectivity index (χ4v) is 5.82. The lowest BCUT2D eigenvalue weighted by Gasteiger charge is -2.32. The van der Waals surface area contributed by atoms with Crippen LogP contribution in [0.1, 0.15) is 85.6 Å². The molecule has 1 N–H and O–H groups in total. The molecule has 7 heteroatoms. The Morgan fingerprint density at radius 1 is 1.05 bits per heavy atom. The van der Waals surface area contributed by atoms with Crippen molar-refractivity contribution >= 4 is 10.9 Å². The summed E-state index contributed by atoms with van der Waals surface area (Å²) in [5, 5.41) is 14.2. The van der Waals surface area contributed by atoms with Gasteiger partial charge in [0.15, 0.2) is 5.82 Å². The number of aromatic amines is 1. The van der Waals surface area contributed by atoms with Crippen molar-refractivity contribution in [2.75, 3.05) is 6.54 Å². The number of hydrogen-bond donors (Lipinski definition) is 1. The average molecular weight is 499 g/mol. The molecule has 4 aromatic rings. The molecule has 1 fully saturated rings. The van der Waals surface area contributed by atoms with Gasteiger partial charge in [-0.2, -0.15) is 0 Å². The lowest BCUT2D eigenvalue weighted by molar-refractivity contribution is 0.165. The number of nitrogens with zero attached hydrogens (tertiary/aromatic N) is 5. The molecule has 0 aliphatic heterocycles. The molecule has 0 amide bonds. The average Bonchev–Trinajstić information content (AvgIpc) is 3.39. The highest BCUT2D eigenvalue weighted by atomic mass is 16.1. The number of H-pyrrole nitrogens is 1. The van der Waals surface area contributed by atoms with Crippen molar-refractivity contribution < 1.29 is 0 Å². The highest BCUT2D eigenvalue weighted by molar-refractivity contribution is 5.79. The molecule has 0 radical (unpaired) electrons. The minimum atomic E-state index is -0.0287. The van der Waals surface area contributed by atoms with E-state index in [2.05, 4.69) is 87.3 Å². The van der Waals surface area contributed by atoms with E-state index in [-0.39, 0.29) is 11.6 Å². The molecular weight excluding hydrogens is 460 g/mol. The topological polar surface area (TPSA) is 79.7 Å². The van der Waals surface area contributed by atoms with E-state index in [0.717, 1.165) is 54.5 Å². The smallest absolute Gasteiger partial charge is 0.252 e. The monoisotopic (exact) mass is 498 g/mol. The minimum Gasteiger partial charge on any atom is -0.322 e. The molecule has 1 saturated carbocycles. The SMILES string of the molecule is CCC(c1nnnn1C1CCCCC1)N(CCc1ccccc1C)Cc1cc2cc(C)ccc2[nH]c1=O. The maximum absolute atomic E-state index is 13.2. The summed E-state index contributed by atoms with van der Waals surface area (Å²) in [7, 11) is 0. The van der Waals surface area contributed by atoms with Gasteiger partial charge in [0.2, 0.25) is 0 Å². The van der Waals surface area contributed by atoms with Gasteiger partial charge in [0.1, 0.15) is 0 Å². The maximum Gasteiger partial charge on any atom is 0.252 e. The third-order valence-electron chi connectivity index (χ3n) is 7.94. The van der Waals surface area contributed by atoms with Crippen molar-refractivity contribution in [3.8, 4) is 0 Å². The van der Waals surface area contributed by atoms with E-state index in [0.29, 0.717) is 12.6 Å². The fraction of sp³-hybridized carbons (Fsp3) is 0.467. The van der Waals surface area contributed by atoms with Gasteiger partial charge in [-0.1, -0.05) is 62.1 Å². The van der Waals surface area contributed by atoms with E-state index >= 15 is 0 Å². The quantitative estimate of drug-likeness (QED) is 0.314. The Labute approximate surface area is 218 Å². The number of aryl methyl sites for hydroxylation is 2. The summed E-state index contributed by atoms with van der Waals surface area (Å²) in [6, 6.07) is 17.1. The van der Waals surface area contributed by atoms with Crippen molar-refractivity contribution in [2.24, 2.45) is 0 Å². The number of aromatic nitrogens is 5. The third kappa shape index (κ3) is 5.67. The zero-order valence-corrected chi connectivity index (χ0v) is 22.3. The number of tetrazole rings is 1. The first-order valence-electron chi connectivity index (χ1n) is 13.7. The first-order chi connectivity index (χ1) is 18.0. The van der Waals surface area contributed by atoms with Crippen LogP contribution in [-0.4, -0.2) is 36.6 Å². The van der Waals surface area contributed by atoms with E-state index < -0.39 is 0 Å². The van der Waals surface area contributed by atoms with E-state index in [4.69, 9.17) is 0 Å². The molecule has 0 bridgehead atoms. The van der Waals surface area contributed by atoms with Crippen molar-refractivity contribution in [1.29, 1.82) is 0 Å². The van der Waals surface area contributed by atoms with Crippen LogP contribution in [0.5, 0.6) is 0 Å². The van der Waals surface area contributed by atoms with E-state index in [1.54, 1.807) is 0 Å². The zero-order valence-electron chi connectivity index (χ0n) is 22.3. The van der Waals surface area contributed by atoms with Gasteiger partial charge in [0, 0.05) is 24.2 Å². The standard InChI is InChI=1S/C30H38N6O/c1-4-28(29-32-33-34-36(29)26-12-6-5-7-13-26)35(17-16-23-11-9-8-10-22(23)3)20-25-19-24-18-21(2)14-15-27(24)31-30(25)37/h8-11,14-15,18-19,26,28H,4-7,12-13,16-17,20H2,1-3H3,(H,31,37). The van der Waals surface area contributed by atoms with Crippen LogP contribution in [0.15, 0.2) is 53.3 Å². The van der Waals surface area contributed by atoms with Crippen molar-refractivity contribution in [3.05, 3.63) is 87.0 Å². The zero-order chi connectivity index (χ0) is 25.8. The van der Waals surface area contributed by atoms with Crippen LogP contribution in [0.3, 0.4) is 0 Å². The Kier molecular flexibility index (Phi) is 7.79. The summed E-state index contributed by atoms with van der Waals surface area (Å²) < 4.78 is 2.09. The van der Waals surface area contributed by atoms with Crippen LogP contribution in [0, 0.1) is 13.8 Å². The predicted octanol–water partition coefficient (Wildman–Crippen LogP) is 5.83. The second-order valence-corrected chi connectivity index (χ2v) is 10.6. The Bertz CT molecular complexity index is 1400. The normalized spacial score (nSPS) is 15.5. The summed E-state index contributed by atoms with van der Waals surface area (Å²) in [5.41, 5.74) is 5.43. The molecule has 1 atom stereocenters. The van der Waals surface area contributed by atoms with Gasteiger partial charge in [-0.05, 0) is 84.7 Å². The Balaban J connectivity index is 1.50. The van der Waals surface area contributed by atoms with Crippen LogP contribution in [0.4, 0.5) is 0 Å². The molecule has 2 aromatic carbocycles. The highest BCUT2D eigenvalue weighted by Crippen LogP contribution is 2.32. The van der Waals surface area contributed by atoms with Crippen LogP contribution < -0.4 is 5.56 Å². The van der Waals surface area contributed by atoms with Crippen molar-refractivity contribution in [1.82, 2.24) is 30.1 Å². The molecule has 1 aliphatic rings. The van der Waals surface area contributed by atoms with Crippen molar-refractivity contribution in [3.63, 3.8) is 0 Å². The molecule has 7 nitrogen and oxygen atoms in total. The lowest BCUT2D eigenvalue weighted by Crippen LogP contribution is -2.35. The highest BCUT2D eigenvalue weighted by Gasteiger charge is 2.29. The minimum absolute atomic E-state index is 0.0218. The van der Waals surface area contributed by atoms with Crippen LogP contribution in [0.25, 0.3) is 10.9 Å². The van der Waals surface area contributed by atoms with E-state index in [1.165, 1.54) is 36.0 Å². The Hall–Kier alpha value is -3.32. The Morgan fingerprint density at radius 3 is 2.65 bits per heavy atom.